The quantitative estimate of drug-likeness (QED) is 0.561. The van der Waals surface area contributed by atoms with E-state index >= 15 is 0 Å². The lowest BCUT2D eigenvalue weighted by Gasteiger charge is -2.17. The Kier molecular flexibility index (Phi) is 4.15. The fourth-order valence-corrected chi connectivity index (χ4v) is 0.593. The molecular formula is C6H6F6N2O2. The van der Waals surface area contributed by atoms with Crippen LogP contribution in [0.4, 0.5) is 26.3 Å². The van der Waals surface area contributed by atoms with Gasteiger partial charge >= 0.3 is 24.2 Å². The topological polar surface area (TPSA) is 58.2 Å². The highest BCUT2D eigenvalue weighted by Crippen LogP contribution is 2.15. The first-order valence-electron chi connectivity index (χ1n) is 3.70. The highest BCUT2D eigenvalue weighted by Gasteiger charge is 2.42. The van der Waals surface area contributed by atoms with Crippen LogP contribution in [0.1, 0.15) is 6.92 Å². The zero-order valence-electron chi connectivity index (χ0n) is 7.66. The fourth-order valence-electron chi connectivity index (χ4n) is 0.593. The first kappa shape index (κ1) is 14.5. The average Bonchev–Trinajstić information content (AvgIpc) is 1.99. The van der Waals surface area contributed by atoms with Crippen LogP contribution in [0.15, 0.2) is 0 Å². The van der Waals surface area contributed by atoms with Crippen molar-refractivity contribution in [2.75, 3.05) is 0 Å². The van der Waals surface area contributed by atoms with Gasteiger partial charge < -0.3 is 10.6 Å². The summed E-state index contributed by atoms with van der Waals surface area (Å²) in [5.74, 6) is -4.88. The molecule has 0 heterocycles. The van der Waals surface area contributed by atoms with Crippen LogP contribution in [0, 0.1) is 0 Å². The summed E-state index contributed by atoms with van der Waals surface area (Å²) < 4.78 is 69.8. The molecule has 10 heteroatoms. The Morgan fingerprint density at radius 1 is 0.875 bits per heavy atom. The maximum absolute atomic E-state index is 11.6. The molecule has 0 saturated carbocycles. The molecule has 4 nitrogen and oxygen atoms in total. The van der Waals surface area contributed by atoms with Crippen LogP contribution in [0.2, 0.25) is 0 Å². The maximum Gasteiger partial charge on any atom is 0.471 e. The minimum atomic E-state index is -5.22. The Balaban J connectivity index is 4.26. The SMILES string of the molecule is CC(NC(=O)C(F)(F)F)NC(=O)C(F)(F)F. The van der Waals surface area contributed by atoms with Crippen molar-refractivity contribution in [3.63, 3.8) is 0 Å². The Hall–Kier alpha value is -1.48. The highest BCUT2D eigenvalue weighted by atomic mass is 19.4. The van der Waals surface area contributed by atoms with Crippen LogP contribution in [0.25, 0.3) is 0 Å². The molecule has 0 aromatic rings. The fraction of sp³-hybridized carbons (Fsp3) is 0.667. The molecule has 0 spiro atoms. The second kappa shape index (κ2) is 4.58. The molecule has 0 atom stereocenters. The molecule has 0 aliphatic rings. The van der Waals surface area contributed by atoms with Crippen molar-refractivity contribution in [3.8, 4) is 0 Å². The predicted molar refractivity (Wildman–Crippen MR) is 37.9 cm³/mol. The summed E-state index contributed by atoms with van der Waals surface area (Å²) in [4.78, 5) is 20.5. The summed E-state index contributed by atoms with van der Waals surface area (Å²) in [6, 6.07) is 0. The van der Waals surface area contributed by atoms with Gasteiger partial charge in [0.2, 0.25) is 0 Å². The number of halogens is 6. The van der Waals surface area contributed by atoms with E-state index in [4.69, 9.17) is 0 Å². The number of rotatable bonds is 2. The zero-order chi connectivity index (χ0) is 13.1. The molecule has 0 aliphatic carbocycles. The van der Waals surface area contributed by atoms with Gasteiger partial charge in [-0.05, 0) is 6.92 Å². The van der Waals surface area contributed by atoms with Gasteiger partial charge in [0.15, 0.2) is 0 Å². The van der Waals surface area contributed by atoms with Crippen molar-refractivity contribution in [3.05, 3.63) is 0 Å². The second-order valence-electron chi connectivity index (χ2n) is 2.66. The smallest absolute Gasteiger partial charge is 0.328 e. The third kappa shape index (κ3) is 4.84. The third-order valence-corrected chi connectivity index (χ3v) is 1.21. The lowest BCUT2D eigenvalue weighted by Crippen LogP contribution is -2.52. The second-order valence-corrected chi connectivity index (χ2v) is 2.66. The van der Waals surface area contributed by atoms with E-state index in [1.165, 1.54) is 0 Å². The normalized spacial score (nSPS) is 12.5. The summed E-state index contributed by atoms with van der Waals surface area (Å²) in [5.41, 5.74) is 0. The van der Waals surface area contributed by atoms with Crippen LogP contribution in [-0.2, 0) is 9.59 Å². The molecule has 0 aromatic carbocycles. The standard InChI is InChI=1S/C6H6F6N2O2/c1-2(13-3(15)5(7,8)9)14-4(16)6(10,11)12/h2H,1H3,(H,13,15)(H,14,16). The van der Waals surface area contributed by atoms with Crippen LogP contribution >= 0.6 is 0 Å². The molecule has 2 N–H and O–H groups in total. The minimum absolute atomic E-state index is 0.757. The summed E-state index contributed by atoms with van der Waals surface area (Å²) in [5, 5.41) is 2.25. The number of carbonyl (C=O) groups excluding carboxylic acids is 2. The van der Waals surface area contributed by atoms with Gasteiger partial charge in [-0.3, -0.25) is 9.59 Å². The minimum Gasteiger partial charge on any atom is -0.328 e. The van der Waals surface area contributed by atoms with Gasteiger partial charge in [-0.2, -0.15) is 26.3 Å². The van der Waals surface area contributed by atoms with Gasteiger partial charge in [0, 0.05) is 0 Å². The van der Waals surface area contributed by atoms with Crippen LogP contribution in [0.5, 0.6) is 0 Å². The molecule has 94 valence electrons. The molecule has 0 aromatic heterocycles. The highest BCUT2D eigenvalue weighted by molar-refractivity contribution is 5.84. The third-order valence-electron chi connectivity index (χ3n) is 1.21. The lowest BCUT2D eigenvalue weighted by atomic mass is 10.4. The van der Waals surface area contributed by atoms with E-state index in [1.54, 1.807) is 0 Å². The Bertz CT molecular complexity index is 256. The Labute approximate surface area is 85.0 Å². The predicted octanol–water partition coefficient (Wildman–Crippen LogP) is 0.689. The van der Waals surface area contributed by atoms with E-state index in [-0.39, 0.29) is 0 Å². The van der Waals surface area contributed by atoms with Crippen molar-refractivity contribution in [1.29, 1.82) is 0 Å². The largest absolute Gasteiger partial charge is 0.471 e. The first-order valence-corrected chi connectivity index (χ1v) is 3.70. The molecule has 0 rings (SSSR count). The van der Waals surface area contributed by atoms with Crippen molar-refractivity contribution in [1.82, 2.24) is 10.6 Å². The molecule has 0 unspecified atom stereocenters. The van der Waals surface area contributed by atoms with Gasteiger partial charge in [-0.25, -0.2) is 0 Å². The van der Waals surface area contributed by atoms with Crippen molar-refractivity contribution >= 4 is 11.8 Å². The number of carbonyl (C=O) groups is 2. The number of alkyl halides is 6. The van der Waals surface area contributed by atoms with Gasteiger partial charge in [0.05, 0.1) is 6.17 Å². The first-order chi connectivity index (χ1) is 6.94. The van der Waals surface area contributed by atoms with E-state index in [2.05, 4.69) is 0 Å². The number of nitrogens with one attached hydrogen (secondary N) is 2. The Morgan fingerprint density at radius 3 is 1.31 bits per heavy atom. The van der Waals surface area contributed by atoms with E-state index in [1.807, 2.05) is 0 Å². The van der Waals surface area contributed by atoms with Gasteiger partial charge in [0.1, 0.15) is 0 Å². The van der Waals surface area contributed by atoms with E-state index in [9.17, 15) is 35.9 Å². The maximum atomic E-state index is 11.6. The summed E-state index contributed by atoms with van der Waals surface area (Å²) >= 11 is 0. The van der Waals surface area contributed by atoms with E-state index in [0.29, 0.717) is 0 Å². The molecule has 0 radical (unpaired) electrons. The summed E-state index contributed by atoms with van der Waals surface area (Å²) in [6.45, 7) is 0.757. The molecule has 0 aliphatic heterocycles. The molecule has 0 fully saturated rings. The lowest BCUT2D eigenvalue weighted by molar-refractivity contribution is -0.178. The van der Waals surface area contributed by atoms with Gasteiger partial charge in [-0.15, -0.1) is 0 Å². The number of hydrogen-bond donors (Lipinski definition) is 2. The molecular weight excluding hydrogens is 246 g/mol. The average molecular weight is 252 g/mol. The molecule has 16 heavy (non-hydrogen) atoms. The summed E-state index contributed by atoms with van der Waals surface area (Å²) in [6.07, 6.45) is -12.2. The van der Waals surface area contributed by atoms with E-state index in [0.717, 1.165) is 17.6 Å². The van der Waals surface area contributed by atoms with Crippen LogP contribution in [0.3, 0.4) is 0 Å². The van der Waals surface area contributed by atoms with Crippen molar-refractivity contribution in [2.24, 2.45) is 0 Å². The van der Waals surface area contributed by atoms with Gasteiger partial charge in [0.25, 0.3) is 0 Å². The number of hydrogen-bond acceptors (Lipinski definition) is 2. The van der Waals surface area contributed by atoms with Gasteiger partial charge in [-0.1, -0.05) is 0 Å². The molecule has 0 saturated heterocycles. The molecule has 2 amide bonds. The van der Waals surface area contributed by atoms with Crippen LogP contribution < -0.4 is 10.6 Å². The monoisotopic (exact) mass is 252 g/mol. The van der Waals surface area contributed by atoms with Crippen LogP contribution in [-0.4, -0.2) is 30.3 Å². The molecule has 0 bridgehead atoms. The number of amides is 2. The van der Waals surface area contributed by atoms with Crippen molar-refractivity contribution in [2.45, 2.75) is 25.4 Å². The van der Waals surface area contributed by atoms with E-state index < -0.39 is 30.3 Å². The zero-order valence-corrected chi connectivity index (χ0v) is 7.66. The van der Waals surface area contributed by atoms with Crippen molar-refractivity contribution < 1.29 is 35.9 Å². The summed E-state index contributed by atoms with van der Waals surface area (Å²) in [7, 11) is 0. The Morgan fingerprint density at radius 2 is 1.12 bits per heavy atom.